The molecule has 1 heterocycles. The molecule has 0 unspecified atom stereocenters. The van der Waals surface area contributed by atoms with E-state index in [0.717, 1.165) is 19.1 Å². The van der Waals surface area contributed by atoms with Crippen molar-refractivity contribution in [3.05, 3.63) is 31.9 Å². The number of halogens is 5. The Balaban J connectivity index is 2.56. The fraction of sp³-hybridized carbons (Fsp3) is 0.182. The van der Waals surface area contributed by atoms with Gasteiger partial charge in [-0.25, -0.2) is 0 Å². The van der Waals surface area contributed by atoms with E-state index in [1.165, 1.54) is 12.1 Å². The van der Waals surface area contributed by atoms with Crippen molar-refractivity contribution >= 4 is 49.4 Å². The number of nitrogens with zero attached hydrogens (tertiary/aromatic N) is 1. The van der Waals surface area contributed by atoms with Crippen LogP contribution in [-0.2, 0) is 0 Å². The van der Waals surface area contributed by atoms with Crippen LogP contribution in [0, 0.1) is 10.5 Å². The lowest BCUT2D eigenvalue weighted by Crippen LogP contribution is -2.17. The Morgan fingerprint density at radius 1 is 1.33 bits per heavy atom. The molecule has 0 fully saturated rings. The van der Waals surface area contributed by atoms with Gasteiger partial charge in [-0.15, -0.1) is 13.2 Å². The normalized spacial score (nSPS) is 11.9. The summed E-state index contributed by atoms with van der Waals surface area (Å²) in [5.41, 5.74) is 1.21. The lowest BCUT2D eigenvalue weighted by molar-refractivity contribution is -0.274. The van der Waals surface area contributed by atoms with Gasteiger partial charge in [-0.3, -0.25) is 4.98 Å². The summed E-state index contributed by atoms with van der Waals surface area (Å²) in [5.74, 6) is -0.269. The molecule has 0 N–H and O–H groups in total. The van der Waals surface area contributed by atoms with Crippen molar-refractivity contribution in [2.75, 3.05) is 0 Å². The van der Waals surface area contributed by atoms with E-state index in [-0.39, 0.29) is 5.75 Å². The summed E-state index contributed by atoms with van der Waals surface area (Å²) < 4.78 is 42.0. The molecule has 7 heteroatoms. The third-order valence-electron chi connectivity index (χ3n) is 2.24. The average Bonchev–Trinajstić information content (AvgIpc) is 2.23. The minimum atomic E-state index is -4.69. The number of aromatic nitrogens is 1. The largest absolute Gasteiger partial charge is 0.573 e. The number of alkyl halides is 3. The van der Waals surface area contributed by atoms with Gasteiger partial charge < -0.3 is 4.74 Å². The molecule has 0 saturated carbocycles. The van der Waals surface area contributed by atoms with Gasteiger partial charge in [0.15, 0.2) is 0 Å². The molecule has 18 heavy (non-hydrogen) atoms. The monoisotopic (exact) mass is 431 g/mol. The van der Waals surface area contributed by atoms with Gasteiger partial charge in [-0.2, -0.15) is 0 Å². The standard InChI is InChI=1S/C11H6BrF3INO/c1-5-10(16)9(12)7-3-2-6(4-8(7)17-5)18-11(13,14)15/h2-4H,1H3. The Labute approximate surface area is 123 Å². The molecule has 0 spiro atoms. The highest BCUT2D eigenvalue weighted by molar-refractivity contribution is 14.1. The first-order valence-electron chi connectivity index (χ1n) is 4.79. The maximum absolute atomic E-state index is 12.1. The van der Waals surface area contributed by atoms with Gasteiger partial charge in [0, 0.05) is 19.5 Å². The molecule has 1 aromatic carbocycles. The highest BCUT2D eigenvalue weighted by Crippen LogP contribution is 2.32. The van der Waals surface area contributed by atoms with E-state index in [1.54, 1.807) is 13.0 Å². The number of hydrogen-bond donors (Lipinski definition) is 0. The van der Waals surface area contributed by atoms with Crippen molar-refractivity contribution in [1.29, 1.82) is 0 Å². The molecule has 2 rings (SSSR count). The molecule has 0 saturated heterocycles. The number of rotatable bonds is 1. The summed E-state index contributed by atoms with van der Waals surface area (Å²) in [4.78, 5) is 4.24. The predicted octanol–water partition coefficient (Wildman–Crippen LogP) is 4.81. The summed E-state index contributed by atoms with van der Waals surface area (Å²) >= 11 is 5.53. The van der Waals surface area contributed by atoms with Gasteiger partial charge in [0.1, 0.15) is 5.75 Å². The van der Waals surface area contributed by atoms with E-state index in [0.29, 0.717) is 5.52 Å². The Morgan fingerprint density at radius 2 is 2.00 bits per heavy atom. The summed E-state index contributed by atoms with van der Waals surface area (Å²) in [6, 6.07) is 4.10. The minimum Gasteiger partial charge on any atom is -0.406 e. The lowest BCUT2D eigenvalue weighted by atomic mass is 10.2. The third-order valence-corrected chi connectivity index (χ3v) is 5.12. The molecule has 0 bridgehead atoms. The predicted molar refractivity (Wildman–Crippen MR) is 73.6 cm³/mol. The maximum atomic E-state index is 12.1. The molecule has 0 aliphatic carbocycles. The summed E-state index contributed by atoms with van der Waals surface area (Å²) in [5, 5.41) is 0.750. The van der Waals surface area contributed by atoms with Crippen LogP contribution in [0.1, 0.15) is 5.69 Å². The van der Waals surface area contributed by atoms with E-state index in [4.69, 9.17) is 0 Å². The van der Waals surface area contributed by atoms with Crippen LogP contribution in [-0.4, -0.2) is 11.3 Å². The molecule has 2 nitrogen and oxygen atoms in total. The first-order valence-corrected chi connectivity index (χ1v) is 6.66. The van der Waals surface area contributed by atoms with Crippen LogP contribution in [0.3, 0.4) is 0 Å². The first-order chi connectivity index (χ1) is 8.28. The fourth-order valence-electron chi connectivity index (χ4n) is 1.49. The van der Waals surface area contributed by atoms with Crippen molar-refractivity contribution in [2.24, 2.45) is 0 Å². The molecule has 0 aliphatic rings. The second kappa shape index (κ2) is 4.84. The zero-order valence-corrected chi connectivity index (χ0v) is 12.7. The molecule has 0 radical (unpaired) electrons. The molecule has 1 aromatic heterocycles. The van der Waals surface area contributed by atoms with Gasteiger partial charge >= 0.3 is 6.36 Å². The Kier molecular flexibility index (Phi) is 3.72. The molecular weight excluding hydrogens is 426 g/mol. The number of fused-ring (bicyclic) bond motifs is 1. The van der Waals surface area contributed by atoms with Gasteiger partial charge in [0.05, 0.1) is 11.2 Å². The summed E-state index contributed by atoms with van der Waals surface area (Å²) in [6.07, 6.45) is -4.69. The van der Waals surface area contributed by atoms with Gasteiger partial charge in [0.2, 0.25) is 0 Å². The number of hydrogen-bond acceptors (Lipinski definition) is 2. The quantitative estimate of drug-likeness (QED) is 0.604. The highest BCUT2D eigenvalue weighted by atomic mass is 127. The zero-order chi connectivity index (χ0) is 13.5. The van der Waals surface area contributed by atoms with Gasteiger partial charge in [-0.05, 0) is 57.6 Å². The second-order valence-corrected chi connectivity index (χ2v) is 5.42. The minimum absolute atomic E-state index is 0.269. The summed E-state index contributed by atoms with van der Waals surface area (Å²) in [6.45, 7) is 1.79. The number of benzene rings is 1. The lowest BCUT2D eigenvalue weighted by Gasteiger charge is -2.11. The Hall–Kier alpha value is -0.570. The fourth-order valence-corrected chi connectivity index (χ4v) is 2.53. The van der Waals surface area contributed by atoms with Gasteiger partial charge in [0.25, 0.3) is 0 Å². The Bertz CT molecular complexity index is 615. The highest BCUT2D eigenvalue weighted by Gasteiger charge is 2.31. The van der Waals surface area contributed by atoms with Crippen LogP contribution in [0.25, 0.3) is 10.9 Å². The van der Waals surface area contributed by atoms with Crippen LogP contribution in [0.15, 0.2) is 22.7 Å². The van der Waals surface area contributed by atoms with E-state index in [1.807, 2.05) is 0 Å². The number of pyridine rings is 1. The smallest absolute Gasteiger partial charge is 0.406 e. The zero-order valence-electron chi connectivity index (χ0n) is 8.98. The van der Waals surface area contributed by atoms with Gasteiger partial charge in [-0.1, -0.05) is 0 Å². The van der Waals surface area contributed by atoms with Crippen LogP contribution < -0.4 is 4.74 Å². The second-order valence-electron chi connectivity index (χ2n) is 3.55. The van der Waals surface area contributed by atoms with E-state index in [2.05, 4.69) is 48.2 Å². The van der Waals surface area contributed by atoms with E-state index < -0.39 is 6.36 Å². The van der Waals surface area contributed by atoms with E-state index in [9.17, 15) is 13.2 Å². The number of aryl methyl sites for hydroxylation is 1. The van der Waals surface area contributed by atoms with Crippen LogP contribution in [0.5, 0.6) is 5.75 Å². The molecule has 96 valence electrons. The first kappa shape index (κ1) is 13.9. The molecule has 0 aliphatic heterocycles. The van der Waals surface area contributed by atoms with Crippen molar-refractivity contribution in [1.82, 2.24) is 4.98 Å². The third kappa shape index (κ3) is 2.87. The molecule has 0 amide bonds. The SMILES string of the molecule is Cc1nc2cc(OC(F)(F)F)ccc2c(Br)c1I. The van der Waals surface area contributed by atoms with Crippen molar-refractivity contribution < 1.29 is 17.9 Å². The summed E-state index contributed by atoms with van der Waals surface area (Å²) in [7, 11) is 0. The van der Waals surface area contributed by atoms with Crippen LogP contribution >= 0.6 is 38.5 Å². The number of ether oxygens (including phenoxy) is 1. The topological polar surface area (TPSA) is 22.1 Å². The average molecular weight is 432 g/mol. The van der Waals surface area contributed by atoms with Crippen molar-refractivity contribution in [3.8, 4) is 5.75 Å². The molecule has 2 aromatic rings. The van der Waals surface area contributed by atoms with Crippen LogP contribution in [0.4, 0.5) is 13.2 Å². The Morgan fingerprint density at radius 3 is 2.61 bits per heavy atom. The van der Waals surface area contributed by atoms with Crippen LogP contribution in [0.2, 0.25) is 0 Å². The maximum Gasteiger partial charge on any atom is 0.573 e. The van der Waals surface area contributed by atoms with Crippen molar-refractivity contribution in [3.63, 3.8) is 0 Å². The molecule has 0 atom stereocenters. The molecular formula is C11H6BrF3INO. The van der Waals surface area contributed by atoms with E-state index >= 15 is 0 Å². The van der Waals surface area contributed by atoms with Crippen molar-refractivity contribution in [2.45, 2.75) is 13.3 Å².